The first-order valence-electron chi connectivity index (χ1n) is 7.72. The molecule has 2 heterocycles. The molecular weight excluding hydrogens is 415 g/mol. The molecule has 0 aliphatic carbocycles. The van der Waals surface area contributed by atoms with Gasteiger partial charge in [0.1, 0.15) is 0 Å². The largest absolute Gasteiger partial charge is 0.454 e. The monoisotopic (exact) mass is 434 g/mol. The van der Waals surface area contributed by atoms with Crippen LogP contribution in [0.4, 0.5) is 4.79 Å². The van der Waals surface area contributed by atoms with Gasteiger partial charge in [0, 0.05) is 45.4 Å². The lowest BCUT2D eigenvalue weighted by atomic mass is 10.1. The summed E-state index contributed by atoms with van der Waals surface area (Å²) < 4.78 is 4.17. The molecule has 0 saturated heterocycles. The number of hydrogen-bond donors (Lipinski definition) is 0. The third-order valence-corrected chi connectivity index (χ3v) is 3.38. The SMILES string of the molecule is CCOC(=O)Cl.CCc1c(Cl)ccnc1C.Cc1cc(Cl)ccn1.O=C=O. The summed E-state index contributed by atoms with van der Waals surface area (Å²) in [5.41, 5.74) is 2.41. The molecule has 0 N–H and O–H groups in total. The van der Waals surface area contributed by atoms with Crippen molar-refractivity contribution < 1.29 is 19.1 Å². The van der Waals surface area contributed by atoms with Gasteiger partial charge in [0.15, 0.2) is 0 Å². The number of ether oxygens (including phenoxy) is 1. The summed E-state index contributed by atoms with van der Waals surface area (Å²) in [5.74, 6) is 0. The zero-order valence-electron chi connectivity index (χ0n) is 15.5. The molecule has 0 amide bonds. The molecular formula is C18H21Cl3N2O4. The summed E-state index contributed by atoms with van der Waals surface area (Å²) in [4.78, 5) is 33.9. The molecule has 0 aromatic carbocycles. The number of aromatic nitrogens is 2. The van der Waals surface area contributed by atoms with Gasteiger partial charge < -0.3 is 4.74 Å². The van der Waals surface area contributed by atoms with Crippen molar-refractivity contribution in [2.45, 2.75) is 34.1 Å². The van der Waals surface area contributed by atoms with E-state index in [1.54, 1.807) is 25.4 Å². The van der Waals surface area contributed by atoms with Crippen molar-refractivity contribution in [1.29, 1.82) is 0 Å². The normalized spacial score (nSPS) is 8.41. The van der Waals surface area contributed by atoms with Gasteiger partial charge >= 0.3 is 11.6 Å². The standard InChI is InChI=1S/C8H10ClN.C6H6ClN.C3H5ClO2.CO2/c1-3-7-6(2)10-5-4-8(7)9;1-5-4-6(7)2-3-8-5;1-2-6-3(4)5;2-1-3/h4-5H,3H2,1-2H3;2-4H,1H3;2H2,1H3;. The second-order valence-electron chi connectivity index (χ2n) is 4.58. The third-order valence-electron chi connectivity index (χ3n) is 2.68. The first kappa shape index (κ1) is 27.2. The summed E-state index contributed by atoms with van der Waals surface area (Å²) in [7, 11) is 0. The van der Waals surface area contributed by atoms with E-state index in [4.69, 9.17) is 44.4 Å². The highest BCUT2D eigenvalue weighted by Gasteiger charge is 2.00. The number of pyridine rings is 2. The van der Waals surface area contributed by atoms with E-state index in [9.17, 15) is 4.79 Å². The first-order chi connectivity index (χ1) is 12.7. The lowest BCUT2D eigenvalue weighted by Gasteiger charge is -2.02. The molecule has 9 heteroatoms. The highest BCUT2D eigenvalue weighted by molar-refractivity contribution is 6.61. The fraction of sp³-hybridized carbons (Fsp3) is 0.333. The van der Waals surface area contributed by atoms with Crippen LogP contribution in [0.15, 0.2) is 30.6 Å². The Morgan fingerprint density at radius 1 is 1.11 bits per heavy atom. The Labute approximate surface area is 173 Å². The van der Waals surface area contributed by atoms with Gasteiger partial charge in [-0.1, -0.05) is 30.1 Å². The highest BCUT2D eigenvalue weighted by Crippen LogP contribution is 2.17. The molecule has 2 aromatic heterocycles. The molecule has 0 aliphatic heterocycles. The number of carbonyl (C=O) groups excluding carboxylic acids is 3. The van der Waals surface area contributed by atoms with Gasteiger partial charge in [-0.05, 0) is 51.0 Å². The first-order valence-corrected chi connectivity index (χ1v) is 8.86. The maximum atomic E-state index is 9.59. The zero-order chi connectivity index (χ0) is 21.2. The average Bonchev–Trinajstić information content (AvgIpc) is 2.56. The van der Waals surface area contributed by atoms with E-state index in [2.05, 4.69) is 21.6 Å². The molecule has 0 radical (unpaired) electrons. The minimum atomic E-state index is -0.738. The maximum absolute atomic E-state index is 9.59. The minimum absolute atomic E-state index is 0.250. The average molecular weight is 436 g/mol. The van der Waals surface area contributed by atoms with Crippen LogP contribution < -0.4 is 0 Å². The second-order valence-corrected chi connectivity index (χ2v) is 5.73. The topological polar surface area (TPSA) is 86.2 Å². The number of rotatable bonds is 2. The van der Waals surface area contributed by atoms with E-state index in [0.717, 1.165) is 33.4 Å². The lowest BCUT2D eigenvalue weighted by Crippen LogP contribution is -1.90. The number of aryl methyl sites for hydroxylation is 2. The summed E-state index contributed by atoms with van der Waals surface area (Å²) in [6.07, 6.45) is 4.63. The van der Waals surface area contributed by atoms with E-state index in [0.29, 0.717) is 6.61 Å². The fourth-order valence-corrected chi connectivity index (χ4v) is 2.27. The highest BCUT2D eigenvalue weighted by atomic mass is 35.5. The number of nitrogens with zero attached hydrogens (tertiary/aromatic N) is 2. The third kappa shape index (κ3) is 16.0. The summed E-state index contributed by atoms with van der Waals surface area (Å²) in [6, 6.07) is 5.41. The van der Waals surface area contributed by atoms with Gasteiger partial charge in [-0.2, -0.15) is 9.59 Å². The van der Waals surface area contributed by atoms with Crippen LogP contribution in [-0.2, 0) is 20.7 Å². The Kier molecular flexibility index (Phi) is 17.6. The van der Waals surface area contributed by atoms with Crippen LogP contribution in [0.25, 0.3) is 0 Å². The molecule has 148 valence electrons. The van der Waals surface area contributed by atoms with E-state index in [1.807, 2.05) is 26.0 Å². The van der Waals surface area contributed by atoms with Crippen LogP contribution in [0.3, 0.4) is 0 Å². The van der Waals surface area contributed by atoms with E-state index in [-0.39, 0.29) is 6.15 Å². The Hall–Kier alpha value is -1.98. The van der Waals surface area contributed by atoms with E-state index >= 15 is 0 Å². The molecule has 0 bridgehead atoms. The lowest BCUT2D eigenvalue weighted by molar-refractivity contribution is -0.191. The van der Waals surface area contributed by atoms with Crippen LogP contribution in [0.1, 0.15) is 30.8 Å². The Bertz CT molecular complexity index is 684. The van der Waals surface area contributed by atoms with Crippen LogP contribution >= 0.6 is 34.8 Å². The van der Waals surface area contributed by atoms with Crippen molar-refractivity contribution in [3.05, 3.63) is 57.6 Å². The molecule has 2 aromatic rings. The van der Waals surface area contributed by atoms with Gasteiger partial charge in [-0.25, -0.2) is 4.79 Å². The quantitative estimate of drug-likeness (QED) is 0.583. The van der Waals surface area contributed by atoms with Crippen molar-refractivity contribution in [3.8, 4) is 0 Å². The van der Waals surface area contributed by atoms with Crippen molar-refractivity contribution in [1.82, 2.24) is 9.97 Å². The molecule has 6 nitrogen and oxygen atoms in total. The molecule has 27 heavy (non-hydrogen) atoms. The van der Waals surface area contributed by atoms with Gasteiger partial charge in [-0.15, -0.1) is 0 Å². The van der Waals surface area contributed by atoms with Gasteiger partial charge in [0.25, 0.3) is 0 Å². The maximum Gasteiger partial charge on any atom is 0.403 e. The molecule has 2 rings (SSSR count). The van der Waals surface area contributed by atoms with Crippen molar-refractivity contribution >= 4 is 46.4 Å². The molecule has 0 atom stereocenters. The second kappa shape index (κ2) is 17.4. The summed E-state index contributed by atoms with van der Waals surface area (Å²) in [6.45, 7) is 8.01. The predicted octanol–water partition coefficient (Wildman–Crippen LogP) is 5.45. The molecule has 0 saturated carbocycles. The number of carbonyl (C=O) groups is 1. The Morgan fingerprint density at radius 3 is 1.93 bits per heavy atom. The van der Waals surface area contributed by atoms with Crippen molar-refractivity contribution in [2.75, 3.05) is 6.61 Å². The molecule has 0 unspecified atom stereocenters. The molecule has 0 fully saturated rings. The number of halogens is 3. The summed E-state index contributed by atoms with van der Waals surface area (Å²) in [5, 5.41) is 1.58. The van der Waals surface area contributed by atoms with Crippen molar-refractivity contribution in [2.24, 2.45) is 0 Å². The van der Waals surface area contributed by atoms with Crippen LogP contribution in [0.5, 0.6) is 0 Å². The zero-order valence-corrected chi connectivity index (χ0v) is 17.7. The van der Waals surface area contributed by atoms with Crippen molar-refractivity contribution in [3.63, 3.8) is 0 Å². The molecule has 0 aliphatic rings. The Balaban J connectivity index is 0. The fourth-order valence-electron chi connectivity index (χ4n) is 1.62. The van der Waals surface area contributed by atoms with Gasteiger partial charge in [-0.3, -0.25) is 9.97 Å². The van der Waals surface area contributed by atoms with E-state index in [1.165, 1.54) is 0 Å². The van der Waals surface area contributed by atoms with Gasteiger partial charge in [0.2, 0.25) is 0 Å². The Morgan fingerprint density at radius 2 is 1.67 bits per heavy atom. The predicted molar refractivity (Wildman–Crippen MR) is 105 cm³/mol. The summed E-state index contributed by atoms with van der Waals surface area (Å²) >= 11 is 16.2. The van der Waals surface area contributed by atoms with Gasteiger partial charge in [0.05, 0.1) is 6.61 Å². The molecule has 0 spiro atoms. The van der Waals surface area contributed by atoms with E-state index < -0.39 is 5.43 Å². The van der Waals surface area contributed by atoms with Crippen LogP contribution in [-0.4, -0.2) is 28.2 Å². The number of hydrogen-bond acceptors (Lipinski definition) is 6. The van der Waals surface area contributed by atoms with Crippen LogP contribution in [0.2, 0.25) is 10.0 Å². The van der Waals surface area contributed by atoms with Crippen LogP contribution in [0, 0.1) is 13.8 Å². The minimum Gasteiger partial charge on any atom is -0.454 e. The smallest absolute Gasteiger partial charge is 0.403 e.